The second-order valence-electron chi connectivity index (χ2n) is 15.4. The molecule has 0 rings (SSSR count). The van der Waals surface area contributed by atoms with E-state index < -0.39 is 26.5 Å². The van der Waals surface area contributed by atoms with Gasteiger partial charge in [0.2, 0.25) is 0 Å². The molecule has 0 aromatic carbocycles. The lowest BCUT2D eigenvalue weighted by atomic mass is 10.0. The van der Waals surface area contributed by atoms with Crippen LogP contribution in [0.2, 0.25) is 0 Å². The first-order valence-electron chi connectivity index (χ1n) is 23.4. The van der Waals surface area contributed by atoms with Crippen LogP contribution in [0.3, 0.4) is 0 Å². The van der Waals surface area contributed by atoms with Gasteiger partial charge in [0.05, 0.1) is 13.2 Å². The van der Waals surface area contributed by atoms with Crippen LogP contribution >= 0.6 is 7.82 Å². The van der Waals surface area contributed by atoms with Crippen molar-refractivity contribution >= 4 is 19.8 Å². The van der Waals surface area contributed by atoms with E-state index in [1.165, 1.54) is 109 Å². The Morgan fingerprint density at radius 3 is 1.35 bits per heavy atom. The maximum absolute atomic E-state index is 12.6. The summed E-state index contributed by atoms with van der Waals surface area (Å²) in [5.41, 5.74) is 0. The number of hydrogen-bond donors (Lipinski definition) is 1. The minimum atomic E-state index is -4.29. The Bertz CT molecular complexity index is 1070. The predicted octanol–water partition coefficient (Wildman–Crippen LogP) is 15.0. The van der Waals surface area contributed by atoms with Crippen LogP contribution in [0.1, 0.15) is 220 Å². The van der Waals surface area contributed by atoms with Crippen molar-refractivity contribution in [2.24, 2.45) is 0 Å². The van der Waals surface area contributed by atoms with Gasteiger partial charge in [0, 0.05) is 12.8 Å². The van der Waals surface area contributed by atoms with E-state index in [-0.39, 0.29) is 25.6 Å². The fourth-order valence-electron chi connectivity index (χ4n) is 6.50. The number of carbonyl (C=O) groups is 2. The highest BCUT2D eigenvalue weighted by Gasteiger charge is 2.25. The zero-order valence-corrected chi connectivity index (χ0v) is 37.9. The van der Waals surface area contributed by atoms with Crippen molar-refractivity contribution in [3.8, 4) is 0 Å². The minimum absolute atomic E-state index is 0.00498. The monoisotopic (exact) mass is 823 g/mol. The van der Waals surface area contributed by atoms with Gasteiger partial charge in [0.15, 0.2) is 6.10 Å². The van der Waals surface area contributed by atoms with Gasteiger partial charge < -0.3 is 14.4 Å². The van der Waals surface area contributed by atoms with Crippen molar-refractivity contribution in [2.75, 3.05) is 19.8 Å². The number of hydrogen-bond acceptors (Lipinski definition) is 7. The van der Waals surface area contributed by atoms with Crippen molar-refractivity contribution in [1.82, 2.24) is 0 Å². The minimum Gasteiger partial charge on any atom is -0.462 e. The van der Waals surface area contributed by atoms with Crippen LogP contribution in [0.15, 0.2) is 48.6 Å². The fraction of sp³-hybridized carbons (Fsp3) is 0.792. The summed E-state index contributed by atoms with van der Waals surface area (Å²) in [5, 5.41) is 0. The van der Waals surface area contributed by atoms with Gasteiger partial charge in [0.25, 0.3) is 0 Å². The second kappa shape index (κ2) is 43.6. The Balaban J connectivity index is 4.04. The topological polar surface area (TPSA) is 108 Å². The molecule has 2 atom stereocenters. The summed E-state index contributed by atoms with van der Waals surface area (Å²) in [4.78, 5) is 34.8. The third kappa shape index (κ3) is 43.4. The van der Waals surface area contributed by atoms with Crippen molar-refractivity contribution in [3.05, 3.63) is 48.6 Å². The first-order valence-corrected chi connectivity index (χ1v) is 24.9. The molecular weight excluding hydrogens is 735 g/mol. The molecule has 0 aromatic rings. The van der Waals surface area contributed by atoms with E-state index in [1.54, 1.807) is 6.92 Å². The summed E-state index contributed by atoms with van der Waals surface area (Å²) in [5.74, 6) is -0.819. The van der Waals surface area contributed by atoms with Gasteiger partial charge in [-0.2, -0.15) is 0 Å². The average Bonchev–Trinajstić information content (AvgIpc) is 3.19. The Labute approximate surface area is 350 Å². The molecule has 0 amide bonds. The van der Waals surface area contributed by atoms with Crippen LogP contribution in [0.4, 0.5) is 0 Å². The second-order valence-corrected chi connectivity index (χ2v) is 16.9. The molecule has 0 spiro atoms. The quantitative estimate of drug-likeness (QED) is 0.0280. The zero-order valence-electron chi connectivity index (χ0n) is 37.0. The van der Waals surface area contributed by atoms with Gasteiger partial charge >= 0.3 is 19.8 Å². The maximum atomic E-state index is 12.6. The van der Waals surface area contributed by atoms with Gasteiger partial charge in [-0.3, -0.25) is 18.6 Å². The number of rotatable bonds is 43. The van der Waals surface area contributed by atoms with Gasteiger partial charge in [-0.1, -0.05) is 197 Å². The Hall–Kier alpha value is -1.99. The summed E-state index contributed by atoms with van der Waals surface area (Å²) in [6.07, 6.45) is 51.7. The molecule has 0 heterocycles. The van der Waals surface area contributed by atoms with Crippen molar-refractivity contribution in [3.63, 3.8) is 0 Å². The Morgan fingerprint density at radius 1 is 0.491 bits per heavy atom. The molecule has 0 aliphatic carbocycles. The van der Waals surface area contributed by atoms with Crippen molar-refractivity contribution in [2.45, 2.75) is 226 Å². The van der Waals surface area contributed by atoms with Crippen molar-refractivity contribution < 1.29 is 37.6 Å². The molecule has 0 radical (unpaired) electrons. The number of esters is 2. The maximum Gasteiger partial charge on any atom is 0.472 e. The summed E-state index contributed by atoms with van der Waals surface area (Å²) in [6, 6.07) is 0. The van der Waals surface area contributed by atoms with Gasteiger partial charge in [-0.15, -0.1) is 0 Å². The highest BCUT2D eigenvalue weighted by Crippen LogP contribution is 2.43. The van der Waals surface area contributed by atoms with E-state index in [4.69, 9.17) is 18.5 Å². The predicted molar refractivity (Wildman–Crippen MR) is 239 cm³/mol. The number of unbranched alkanes of at least 4 members (excludes halogenated alkanes) is 23. The number of allylic oxidation sites excluding steroid dienone is 8. The molecule has 2 unspecified atom stereocenters. The molecule has 1 N–H and O–H groups in total. The molecule has 0 aromatic heterocycles. The van der Waals surface area contributed by atoms with Crippen LogP contribution in [-0.2, 0) is 32.7 Å². The molecule has 332 valence electrons. The summed E-state index contributed by atoms with van der Waals surface area (Å²) < 4.78 is 32.7. The smallest absolute Gasteiger partial charge is 0.462 e. The fourth-order valence-corrected chi connectivity index (χ4v) is 7.26. The Morgan fingerprint density at radius 2 is 0.895 bits per heavy atom. The Kier molecular flexibility index (Phi) is 42.1. The SMILES string of the molecule is CC/C=C\C/C=C\C/C=C\C/C=C\CCCCCCC(=O)OC(COC(=O)CCCCCCCCCCCCCCCCCCCCCC)COP(=O)(O)OCC. The van der Waals surface area contributed by atoms with Crippen LogP contribution in [0.5, 0.6) is 0 Å². The van der Waals surface area contributed by atoms with Crippen molar-refractivity contribution in [1.29, 1.82) is 0 Å². The standard InChI is InChI=1S/C48H87O8P/c1-4-7-9-11-13-15-17-19-21-23-24-25-27-28-30-32-34-36-38-40-42-47(49)53-44-46(45-55-57(51,52)54-6-3)56-48(50)43-41-39-37-35-33-31-29-26-22-20-18-16-14-12-10-8-5-2/h8,10,14,16,20,22,29,31,46H,4-7,9,11-13,15,17-19,21,23-28,30,32-45H2,1-3H3,(H,51,52)/b10-8-,16-14-,22-20-,31-29-. The highest BCUT2D eigenvalue weighted by molar-refractivity contribution is 7.47. The summed E-state index contributed by atoms with van der Waals surface area (Å²) in [7, 11) is -4.29. The molecular formula is C48H87O8P. The van der Waals surface area contributed by atoms with E-state index in [1.807, 2.05) is 0 Å². The molecule has 8 nitrogen and oxygen atoms in total. The molecule has 0 saturated carbocycles. The largest absolute Gasteiger partial charge is 0.472 e. The van der Waals surface area contributed by atoms with E-state index in [0.29, 0.717) is 12.8 Å². The van der Waals surface area contributed by atoms with E-state index in [9.17, 15) is 19.0 Å². The molecule has 0 aliphatic heterocycles. The summed E-state index contributed by atoms with van der Waals surface area (Å²) in [6.45, 7) is 5.36. The van der Waals surface area contributed by atoms with Crippen LogP contribution in [0, 0.1) is 0 Å². The number of ether oxygens (including phenoxy) is 2. The van der Waals surface area contributed by atoms with E-state index >= 15 is 0 Å². The number of phosphoric acid groups is 1. The zero-order chi connectivity index (χ0) is 41.8. The molecule has 0 fully saturated rings. The molecule has 0 bridgehead atoms. The van der Waals surface area contributed by atoms with E-state index in [2.05, 4.69) is 62.5 Å². The molecule has 57 heavy (non-hydrogen) atoms. The van der Waals surface area contributed by atoms with Crippen LogP contribution in [0.25, 0.3) is 0 Å². The normalized spacial score (nSPS) is 13.7. The lowest BCUT2D eigenvalue weighted by Crippen LogP contribution is -2.29. The number of phosphoric ester groups is 1. The lowest BCUT2D eigenvalue weighted by molar-refractivity contribution is -0.161. The number of carbonyl (C=O) groups excluding carboxylic acids is 2. The van der Waals surface area contributed by atoms with Gasteiger partial charge in [-0.25, -0.2) is 4.57 Å². The third-order valence-corrected chi connectivity index (χ3v) is 11.0. The first-order chi connectivity index (χ1) is 27.8. The summed E-state index contributed by atoms with van der Waals surface area (Å²) >= 11 is 0. The highest BCUT2D eigenvalue weighted by atomic mass is 31.2. The lowest BCUT2D eigenvalue weighted by Gasteiger charge is -2.19. The van der Waals surface area contributed by atoms with E-state index in [0.717, 1.165) is 70.6 Å². The first kappa shape index (κ1) is 55.0. The molecule has 0 aliphatic rings. The molecule has 9 heteroatoms. The van der Waals surface area contributed by atoms with Crippen LogP contribution in [-0.4, -0.2) is 42.8 Å². The molecule has 0 saturated heterocycles. The van der Waals surface area contributed by atoms with Gasteiger partial charge in [-0.05, 0) is 58.3 Å². The van der Waals surface area contributed by atoms with Gasteiger partial charge in [0.1, 0.15) is 6.61 Å². The average molecular weight is 823 g/mol. The third-order valence-electron chi connectivity index (χ3n) is 9.90. The van der Waals surface area contributed by atoms with Crippen LogP contribution < -0.4 is 0 Å².